The minimum atomic E-state index is -0.399. The lowest BCUT2D eigenvalue weighted by Crippen LogP contribution is -2.06. The zero-order chi connectivity index (χ0) is 12.1. The van der Waals surface area contributed by atoms with Crippen molar-refractivity contribution >= 4 is 17.3 Å². The Morgan fingerprint density at radius 1 is 1.18 bits per heavy atom. The summed E-state index contributed by atoms with van der Waals surface area (Å²) in [4.78, 5) is 3.94. The van der Waals surface area contributed by atoms with Crippen LogP contribution in [0.4, 0.5) is 10.1 Å². The number of hydrogen-bond donors (Lipinski definition) is 1. The highest BCUT2D eigenvalue weighted by Crippen LogP contribution is 2.21. The summed E-state index contributed by atoms with van der Waals surface area (Å²) >= 11 is 5.69. The van der Waals surface area contributed by atoms with Crippen LogP contribution < -0.4 is 5.32 Å². The van der Waals surface area contributed by atoms with Crippen LogP contribution in [0.5, 0.6) is 0 Å². The lowest BCUT2D eigenvalue weighted by Gasteiger charge is -2.08. The quantitative estimate of drug-likeness (QED) is 0.898. The molecule has 2 nitrogen and oxygen atoms in total. The van der Waals surface area contributed by atoms with Crippen LogP contribution in [0.2, 0.25) is 5.02 Å². The average Bonchev–Trinajstić information content (AvgIpc) is 2.36. The number of rotatable bonds is 4. The molecule has 0 aliphatic rings. The van der Waals surface area contributed by atoms with Crippen LogP contribution in [0.1, 0.15) is 5.56 Å². The van der Waals surface area contributed by atoms with Crippen LogP contribution in [0.15, 0.2) is 42.7 Å². The molecule has 0 fully saturated rings. The molecule has 2 aromatic rings. The van der Waals surface area contributed by atoms with Gasteiger partial charge in [-0.15, -0.1) is 0 Å². The number of halogens is 2. The van der Waals surface area contributed by atoms with Gasteiger partial charge in [-0.1, -0.05) is 17.7 Å². The van der Waals surface area contributed by atoms with Gasteiger partial charge in [0.25, 0.3) is 0 Å². The van der Waals surface area contributed by atoms with Gasteiger partial charge in [-0.25, -0.2) is 4.39 Å². The average molecular weight is 251 g/mol. The zero-order valence-corrected chi connectivity index (χ0v) is 9.91. The highest BCUT2D eigenvalue weighted by molar-refractivity contribution is 6.31. The van der Waals surface area contributed by atoms with Crippen molar-refractivity contribution in [3.05, 3.63) is 59.1 Å². The maximum absolute atomic E-state index is 13.5. The van der Waals surface area contributed by atoms with Crippen LogP contribution in [-0.2, 0) is 6.42 Å². The van der Waals surface area contributed by atoms with Gasteiger partial charge in [-0.3, -0.25) is 4.98 Å². The van der Waals surface area contributed by atoms with Crippen LogP contribution >= 0.6 is 11.6 Å². The topological polar surface area (TPSA) is 24.9 Å². The van der Waals surface area contributed by atoms with Crippen molar-refractivity contribution in [2.24, 2.45) is 0 Å². The Hall–Kier alpha value is -1.61. The summed E-state index contributed by atoms with van der Waals surface area (Å²) in [5.41, 5.74) is 1.60. The predicted molar refractivity (Wildman–Crippen MR) is 67.8 cm³/mol. The molecule has 0 saturated heterocycles. The Bertz CT molecular complexity index is 488. The summed E-state index contributed by atoms with van der Waals surface area (Å²) in [6, 6.07) is 8.81. The van der Waals surface area contributed by atoms with Gasteiger partial charge in [-0.2, -0.15) is 0 Å². The molecule has 0 unspecified atom stereocenters. The lowest BCUT2D eigenvalue weighted by molar-refractivity contribution is 0.630. The van der Waals surface area contributed by atoms with E-state index in [4.69, 9.17) is 11.6 Å². The number of nitrogens with one attached hydrogen (secondary N) is 1. The first kappa shape index (κ1) is 11.9. The monoisotopic (exact) mass is 250 g/mol. The molecular weight excluding hydrogens is 239 g/mol. The molecule has 88 valence electrons. The van der Waals surface area contributed by atoms with Crippen molar-refractivity contribution < 1.29 is 4.39 Å². The van der Waals surface area contributed by atoms with E-state index in [1.165, 1.54) is 6.07 Å². The molecule has 0 bridgehead atoms. The molecule has 1 N–H and O–H groups in total. The van der Waals surface area contributed by atoms with Gasteiger partial charge in [-0.05, 0) is 36.2 Å². The molecule has 0 saturated carbocycles. The second-order valence-electron chi connectivity index (χ2n) is 3.63. The first-order valence-electron chi connectivity index (χ1n) is 5.34. The highest BCUT2D eigenvalue weighted by Gasteiger charge is 2.04. The normalized spacial score (nSPS) is 10.2. The molecule has 1 heterocycles. The number of anilines is 1. The molecule has 1 aromatic heterocycles. The van der Waals surface area contributed by atoms with Crippen molar-refractivity contribution in [1.29, 1.82) is 0 Å². The van der Waals surface area contributed by atoms with Gasteiger partial charge in [0.1, 0.15) is 0 Å². The number of pyridine rings is 1. The van der Waals surface area contributed by atoms with Gasteiger partial charge in [0.15, 0.2) is 5.82 Å². The first-order chi connectivity index (χ1) is 8.27. The summed E-state index contributed by atoms with van der Waals surface area (Å²) in [5, 5.41) is 3.16. The number of benzene rings is 1. The molecule has 0 aliphatic heterocycles. The Morgan fingerprint density at radius 2 is 1.94 bits per heavy atom. The molecule has 17 heavy (non-hydrogen) atoms. The van der Waals surface area contributed by atoms with Gasteiger partial charge in [0.05, 0.1) is 10.7 Å². The predicted octanol–water partition coefficient (Wildman–Crippen LogP) is 3.53. The van der Waals surface area contributed by atoms with Crippen LogP contribution in [0.3, 0.4) is 0 Å². The summed E-state index contributed by atoms with van der Waals surface area (Å²) in [6.45, 7) is 0.654. The largest absolute Gasteiger partial charge is 0.382 e. The maximum atomic E-state index is 13.5. The van der Waals surface area contributed by atoms with Gasteiger partial charge in [0.2, 0.25) is 0 Å². The minimum absolute atomic E-state index is 0.138. The van der Waals surface area contributed by atoms with Gasteiger partial charge >= 0.3 is 0 Å². The first-order valence-corrected chi connectivity index (χ1v) is 5.72. The Morgan fingerprint density at radius 3 is 2.71 bits per heavy atom. The summed E-state index contributed by atoms with van der Waals surface area (Å²) in [7, 11) is 0. The van der Waals surface area contributed by atoms with E-state index in [-0.39, 0.29) is 5.02 Å². The second kappa shape index (κ2) is 5.64. The molecule has 0 radical (unpaired) electrons. The molecule has 0 spiro atoms. The highest BCUT2D eigenvalue weighted by atomic mass is 35.5. The number of hydrogen-bond acceptors (Lipinski definition) is 2. The van der Waals surface area contributed by atoms with Gasteiger partial charge < -0.3 is 5.32 Å². The van der Waals surface area contributed by atoms with E-state index in [0.717, 1.165) is 12.0 Å². The number of nitrogens with zero attached hydrogens (tertiary/aromatic N) is 1. The maximum Gasteiger partial charge on any atom is 0.164 e. The van der Waals surface area contributed by atoms with Crippen molar-refractivity contribution in [1.82, 2.24) is 4.98 Å². The number of aromatic nitrogens is 1. The van der Waals surface area contributed by atoms with Crippen molar-refractivity contribution in [3.63, 3.8) is 0 Å². The standard InChI is InChI=1S/C13H12ClFN2/c14-11-2-1-3-12(13(11)15)17-9-6-10-4-7-16-8-5-10/h1-5,7-8,17H,6,9H2. The fourth-order valence-corrected chi connectivity index (χ4v) is 1.71. The SMILES string of the molecule is Fc1c(Cl)cccc1NCCc1ccncc1. The van der Waals surface area contributed by atoms with Crippen molar-refractivity contribution in [2.45, 2.75) is 6.42 Å². The summed E-state index contributed by atoms with van der Waals surface area (Å²) < 4.78 is 13.5. The molecule has 4 heteroatoms. The molecule has 0 amide bonds. The molecular formula is C13H12ClFN2. The molecule has 0 atom stereocenters. The van der Waals surface area contributed by atoms with E-state index in [2.05, 4.69) is 10.3 Å². The molecule has 0 aliphatic carbocycles. The van der Waals surface area contributed by atoms with E-state index in [9.17, 15) is 4.39 Å². The van der Waals surface area contributed by atoms with Crippen LogP contribution in [0, 0.1) is 5.82 Å². The lowest BCUT2D eigenvalue weighted by atomic mass is 10.2. The Labute approximate surface area is 104 Å². The Balaban J connectivity index is 1.93. The third kappa shape index (κ3) is 3.17. The van der Waals surface area contributed by atoms with Crippen LogP contribution in [-0.4, -0.2) is 11.5 Å². The van der Waals surface area contributed by atoms with Crippen molar-refractivity contribution in [3.8, 4) is 0 Å². The third-order valence-electron chi connectivity index (χ3n) is 2.43. The van der Waals surface area contributed by atoms with E-state index >= 15 is 0 Å². The van der Waals surface area contributed by atoms with Gasteiger partial charge in [0, 0.05) is 18.9 Å². The molecule has 2 rings (SSSR count). The summed E-state index contributed by atoms with van der Waals surface area (Å²) in [5.74, 6) is -0.399. The molecule has 1 aromatic carbocycles. The fourth-order valence-electron chi connectivity index (χ4n) is 1.53. The third-order valence-corrected chi connectivity index (χ3v) is 2.72. The smallest absolute Gasteiger partial charge is 0.164 e. The van der Waals surface area contributed by atoms with E-state index in [1.54, 1.807) is 24.5 Å². The van der Waals surface area contributed by atoms with E-state index < -0.39 is 5.82 Å². The van der Waals surface area contributed by atoms with Crippen molar-refractivity contribution in [2.75, 3.05) is 11.9 Å². The minimum Gasteiger partial charge on any atom is -0.382 e. The fraction of sp³-hybridized carbons (Fsp3) is 0.154. The van der Waals surface area contributed by atoms with E-state index in [1.807, 2.05) is 12.1 Å². The van der Waals surface area contributed by atoms with E-state index in [0.29, 0.717) is 12.2 Å². The van der Waals surface area contributed by atoms with Crippen LogP contribution in [0.25, 0.3) is 0 Å². The second-order valence-corrected chi connectivity index (χ2v) is 4.04. The zero-order valence-electron chi connectivity index (χ0n) is 9.16. The summed E-state index contributed by atoms with van der Waals surface area (Å²) in [6.07, 6.45) is 4.30. The Kier molecular flexibility index (Phi) is 3.94.